The van der Waals surface area contributed by atoms with E-state index < -0.39 is 22.1 Å². The van der Waals surface area contributed by atoms with Crippen LogP contribution in [-0.4, -0.2) is 59.1 Å². The number of rotatable bonds is 3. The molecule has 1 saturated heterocycles. The molecule has 1 atom stereocenters. The third kappa shape index (κ3) is 4.01. The summed E-state index contributed by atoms with van der Waals surface area (Å²) in [5.41, 5.74) is 0.286. The van der Waals surface area contributed by atoms with Crippen molar-refractivity contribution >= 4 is 37.1 Å². The van der Waals surface area contributed by atoms with Gasteiger partial charge in [0.05, 0.1) is 21.6 Å². The highest BCUT2D eigenvalue weighted by atomic mass is 32.2. The van der Waals surface area contributed by atoms with Crippen LogP contribution in [0.3, 0.4) is 0 Å². The summed E-state index contributed by atoms with van der Waals surface area (Å²) in [7, 11) is -1.48. The van der Waals surface area contributed by atoms with Gasteiger partial charge in [0.15, 0.2) is 5.69 Å². The molecule has 0 bridgehead atoms. The Balaban J connectivity index is 1.52. The molecule has 1 aliphatic heterocycles. The summed E-state index contributed by atoms with van der Waals surface area (Å²) in [5, 5.41) is 9.06. The number of carbonyl (C=O) groups excluding carboxylic acids is 1. The lowest BCUT2D eigenvalue weighted by Crippen LogP contribution is -2.26. The van der Waals surface area contributed by atoms with E-state index in [1.54, 1.807) is 4.52 Å². The van der Waals surface area contributed by atoms with Gasteiger partial charge in [-0.3, -0.25) is 9.48 Å². The van der Waals surface area contributed by atoms with Crippen LogP contribution in [0.25, 0.3) is 4.96 Å². The van der Waals surface area contributed by atoms with E-state index in [-0.39, 0.29) is 22.9 Å². The van der Waals surface area contributed by atoms with E-state index in [4.69, 9.17) is 0 Å². The molecule has 3 aromatic rings. The first-order valence-corrected chi connectivity index (χ1v) is 11.6. The van der Waals surface area contributed by atoms with Gasteiger partial charge in [-0.25, -0.2) is 22.5 Å². The molecule has 29 heavy (non-hydrogen) atoms. The molecule has 13 heteroatoms. The molecule has 0 spiro atoms. The van der Waals surface area contributed by atoms with E-state index in [0.29, 0.717) is 19.5 Å². The zero-order chi connectivity index (χ0) is 20.8. The minimum absolute atomic E-state index is 0.189. The summed E-state index contributed by atoms with van der Waals surface area (Å²) in [4.78, 5) is 19.6. The number of fused-ring (bicyclic) bond motifs is 1. The van der Waals surface area contributed by atoms with Crippen molar-refractivity contribution in [2.75, 3.05) is 29.5 Å². The minimum atomic E-state index is -2.81. The van der Waals surface area contributed by atoms with Gasteiger partial charge < -0.3 is 4.90 Å². The van der Waals surface area contributed by atoms with Gasteiger partial charge in [0, 0.05) is 31.6 Å². The summed E-state index contributed by atoms with van der Waals surface area (Å²) >= 11 is 1.44. The second-order valence-electron chi connectivity index (χ2n) is 6.79. The summed E-state index contributed by atoms with van der Waals surface area (Å²) in [5.74, 6) is -0.381. The molecule has 156 valence electrons. The molecule has 1 unspecified atom stereocenters. The zero-order valence-electron chi connectivity index (χ0n) is 15.8. The molecule has 0 N–H and O–H groups in total. The zero-order valence-corrected chi connectivity index (χ0v) is 17.4. The molecule has 1 aliphatic rings. The number of imidazole rings is 1. The molecule has 0 saturated carbocycles. The van der Waals surface area contributed by atoms with E-state index in [2.05, 4.69) is 19.5 Å². The molecule has 0 aromatic carbocycles. The lowest BCUT2D eigenvalue weighted by molar-refractivity contribution is 0.0999. The van der Waals surface area contributed by atoms with Gasteiger partial charge in [-0.05, 0) is 19.4 Å². The Morgan fingerprint density at radius 2 is 2.10 bits per heavy atom. The van der Waals surface area contributed by atoms with E-state index in [1.165, 1.54) is 18.4 Å². The summed E-state index contributed by atoms with van der Waals surface area (Å²) in [6.45, 7) is 2.96. The standard InChI is InChI=1S/C16H19F2N7O2S2/c1-10-9-25-15(19-10)28-16(21-25)24-4-3-6-29(27,7-5-24)22-14(26)11-8-12(13(17)18)23(2)20-11/h8-9,13H,3-7H2,1-2H3. The van der Waals surface area contributed by atoms with Crippen LogP contribution in [-0.2, 0) is 16.8 Å². The molecule has 1 amide bonds. The van der Waals surface area contributed by atoms with Gasteiger partial charge in [-0.15, -0.1) is 5.10 Å². The molecular weight excluding hydrogens is 424 g/mol. The Labute approximate surface area is 169 Å². The number of hydrogen-bond donors (Lipinski definition) is 0. The Morgan fingerprint density at radius 1 is 1.31 bits per heavy atom. The van der Waals surface area contributed by atoms with Crippen molar-refractivity contribution in [1.82, 2.24) is 24.4 Å². The van der Waals surface area contributed by atoms with Crippen LogP contribution in [0.1, 0.15) is 34.7 Å². The van der Waals surface area contributed by atoms with Crippen LogP contribution in [0.2, 0.25) is 0 Å². The number of aryl methyl sites for hydroxylation is 2. The predicted molar refractivity (Wildman–Crippen MR) is 105 cm³/mol. The lowest BCUT2D eigenvalue weighted by Gasteiger charge is -2.17. The average molecular weight is 444 g/mol. The molecule has 4 heterocycles. The maximum absolute atomic E-state index is 13.1. The van der Waals surface area contributed by atoms with Crippen molar-refractivity contribution in [2.24, 2.45) is 11.4 Å². The average Bonchev–Trinajstić information content (AvgIpc) is 3.26. The van der Waals surface area contributed by atoms with Crippen molar-refractivity contribution in [3.8, 4) is 0 Å². The number of alkyl halides is 2. The number of aromatic nitrogens is 5. The number of nitrogens with zero attached hydrogens (tertiary/aromatic N) is 7. The van der Waals surface area contributed by atoms with Crippen molar-refractivity contribution < 1.29 is 17.8 Å². The van der Waals surface area contributed by atoms with Gasteiger partial charge >= 0.3 is 5.91 Å². The fourth-order valence-corrected chi connectivity index (χ4v) is 5.99. The van der Waals surface area contributed by atoms with Crippen LogP contribution < -0.4 is 4.90 Å². The molecule has 4 rings (SSSR count). The highest BCUT2D eigenvalue weighted by molar-refractivity contribution is 7.93. The Hall–Kier alpha value is -2.41. The van der Waals surface area contributed by atoms with Gasteiger partial charge in [-0.2, -0.15) is 9.46 Å². The van der Waals surface area contributed by atoms with Crippen molar-refractivity contribution in [3.05, 3.63) is 29.3 Å². The normalized spacial score (nSPS) is 20.4. The first-order valence-electron chi connectivity index (χ1n) is 8.91. The maximum atomic E-state index is 13.1. The Kier molecular flexibility index (Phi) is 5.11. The van der Waals surface area contributed by atoms with Gasteiger partial charge in [0.25, 0.3) is 6.43 Å². The number of anilines is 1. The lowest BCUT2D eigenvalue weighted by atomic mass is 10.3. The summed E-state index contributed by atoms with van der Waals surface area (Å²) in [6, 6.07) is 0.996. The number of halogens is 2. The van der Waals surface area contributed by atoms with Crippen LogP contribution in [0.4, 0.5) is 13.9 Å². The Bertz CT molecular complexity index is 1160. The number of amides is 1. The third-order valence-corrected chi connectivity index (χ3v) is 7.83. The monoisotopic (exact) mass is 443 g/mol. The van der Waals surface area contributed by atoms with Crippen LogP contribution >= 0.6 is 11.3 Å². The van der Waals surface area contributed by atoms with Crippen LogP contribution in [0, 0.1) is 6.92 Å². The van der Waals surface area contributed by atoms with Crippen molar-refractivity contribution in [3.63, 3.8) is 0 Å². The van der Waals surface area contributed by atoms with Crippen molar-refractivity contribution in [2.45, 2.75) is 19.8 Å². The van der Waals surface area contributed by atoms with E-state index >= 15 is 0 Å². The fourth-order valence-electron chi connectivity index (χ4n) is 3.14. The first-order chi connectivity index (χ1) is 13.7. The topological polar surface area (TPSA) is 97.8 Å². The fraction of sp³-hybridized carbons (Fsp3) is 0.500. The van der Waals surface area contributed by atoms with E-state index in [0.717, 1.165) is 26.5 Å². The Morgan fingerprint density at radius 3 is 2.79 bits per heavy atom. The quantitative estimate of drug-likeness (QED) is 0.616. The minimum Gasteiger partial charge on any atom is -0.346 e. The molecular formula is C16H19F2N7O2S2. The van der Waals surface area contributed by atoms with Gasteiger partial charge in [0.2, 0.25) is 10.1 Å². The number of carbonyl (C=O) groups is 1. The highest BCUT2D eigenvalue weighted by Crippen LogP contribution is 2.25. The molecule has 9 nitrogen and oxygen atoms in total. The summed E-state index contributed by atoms with van der Waals surface area (Å²) < 4.78 is 45.5. The SMILES string of the molecule is Cc1cn2nc(N3CCCS(=O)(=NC(=O)c4cc(C(F)F)n(C)n4)CC3)sc2n1. The van der Waals surface area contributed by atoms with Crippen molar-refractivity contribution in [1.29, 1.82) is 0 Å². The van der Waals surface area contributed by atoms with Gasteiger partial charge in [0.1, 0.15) is 5.69 Å². The second-order valence-corrected chi connectivity index (χ2v) is 10.3. The number of hydrogen-bond acceptors (Lipinski definition) is 7. The first kappa shape index (κ1) is 19.9. The molecule has 0 aliphatic carbocycles. The predicted octanol–water partition coefficient (Wildman–Crippen LogP) is 2.29. The highest BCUT2D eigenvalue weighted by Gasteiger charge is 2.24. The summed E-state index contributed by atoms with van der Waals surface area (Å²) in [6.07, 6.45) is -0.344. The van der Waals surface area contributed by atoms with Crippen LogP contribution in [0.15, 0.2) is 16.6 Å². The molecule has 1 fully saturated rings. The van der Waals surface area contributed by atoms with Crippen LogP contribution in [0.5, 0.6) is 0 Å². The van der Waals surface area contributed by atoms with E-state index in [1.807, 2.05) is 18.0 Å². The van der Waals surface area contributed by atoms with E-state index in [9.17, 15) is 17.8 Å². The second kappa shape index (κ2) is 7.44. The third-order valence-electron chi connectivity index (χ3n) is 4.60. The van der Waals surface area contributed by atoms with Gasteiger partial charge in [-0.1, -0.05) is 11.3 Å². The maximum Gasteiger partial charge on any atom is 0.305 e. The molecule has 3 aromatic heterocycles. The largest absolute Gasteiger partial charge is 0.346 e. The molecule has 0 radical (unpaired) electrons. The smallest absolute Gasteiger partial charge is 0.305 e.